The van der Waals surface area contributed by atoms with Gasteiger partial charge in [0, 0.05) is 58.8 Å². The number of carbonyl (C=O) groups excluding carboxylic acids is 1. The van der Waals surface area contributed by atoms with Gasteiger partial charge >= 0.3 is 0 Å². The van der Waals surface area contributed by atoms with Crippen molar-refractivity contribution in [2.24, 2.45) is 10.9 Å². The predicted molar refractivity (Wildman–Crippen MR) is 116 cm³/mol. The summed E-state index contributed by atoms with van der Waals surface area (Å²) in [7, 11) is 0. The monoisotopic (exact) mass is 403 g/mol. The Morgan fingerprint density at radius 1 is 1.10 bits per heavy atom. The van der Waals surface area contributed by atoms with E-state index in [0.29, 0.717) is 18.4 Å². The third-order valence-corrected chi connectivity index (χ3v) is 5.58. The maximum absolute atomic E-state index is 12.5. The summed E-state index contributed by atoms with van der Waals surface area (Å²) in [5, 5.41) is 3.51. The topological polar surface area (TPSA) is 64.3 Å². The van der Waals surface area contributed by atoms with E-state index in [1.54, 1.807) is 6.26 Å². The first-order valence-corrected chi connectivity index (χ1v) is 11.2. The van der Waals surface area contributed by atoms with Gasteiger partial charge in [0.1, 0.15) is 5.76 Å². The molecule has 1 aromatic rings. The number of rotatable bonds is 7. The maximum atomic E-state index is 12.5. The molecule has 7 nitrogen and oxygen atoms in total. The summed E-state index contributed by atoms with van der Waals surface area (Å²) in [6.45, 7) is 12.0. The quantitative estimate of drug-likeness (QED) is 0.558. The maximum Gasteiger partial charge on any atom is 0.236 e. The Morgan fingerprint density at radius 2 is 1.86 bits per heavy atom. The summed E-state index contributed by atoms with van der Waals surface area (Å²) < 4.78 is 5.42. The van der Waals surface area contributed by atoms with Crippen molar-refractivity contribution in [2.75, 3.05) is 58.9 Å². The Kier molecular flexibility index (Phi) is 8.40. The Morgan fingerprint density at radius 3 is 2.52 bits per heavy atom. The third-order valence-electron chi connectivity index (χ3n) is 5.58. The second-order valence-corrected chi connectivity index (χ2v) is 8.52. The zero-order valence-electron chi connectivity index (χ0n) is 18.1. The molecule has 2 aliphatic heterocycles. The molecule has 162 valence electrons. The van der Waals surface area contributed by atoms with Crippen LogP contribution in [0, 0.1) is 5.92 Å². The second kappa shape index (κ2) is 11.2. The number of guanidine groups is 1. The van der Waals surface area contributed by atoms with Crippen molar-refractivity contribution in [3.63, 3.8) is 0 Å². The minimum Gasteiger partial charge on any atom is -0.469 e. The molecule has 1 N–H and O–H groups in total. The normalized spacial score (nSPS) is 19.1. The summed E-state index contributed by atoms with van der Waals surface area (Å²) in [5.41, 5.74) is 0. The van der Waals surface area contributed by atoms with E-state index in [2.05, 4.69) is 29.0 Å². The summed E-state index contributed by atoms with van der Waals surface area (Å²) in [6.07, 6.45) is 6.12. The number of piperazine rings is 1. The highest BCUT2D eigenvalue weighted by molar-refractivity contribution is 5.80. The van der Waals surface area contributed by atoms with Gasteiger partial charge < -0.3 is 19.5 Å². The van der Waals surface area contributed by atoms with Gasteiger partial charge in [-0.15, -0.1) is 0 Å². The van der Waals surface area contributed by atoms with E-state index in [1.165, 1.54) is 6.42 Å². The molecule has 2 aliphatic rings. The molecule has 0 aromatic carbocycles. The van der Waals surface area contributed by atoms with Crippen LogP contribution in [0.1, 0.15) is 38.9 Å². The van der Waals surface area contributed by atoms with Crippen molar-refractivity contribution in [3.05, 3.63) is 24.2 Å². The van der Waals surface area contributed by atoms with Gasteiger partial charge in [-0.2, -0.15) is 0 Å². The summed E-state index contributed by atoms with van der Waals surface area (Å²) in [5.74, 6) is 2.79. The fourth-order valence-corrected chi connectivity index (χ4v) is 3.84. The second-order valence-electron chi connectivity index (χ2n) is 8.52. The smallest absolute Gasteiger partial charge is 0.236 e. The highest BCUT2D eigenvalue weighted by Gasteiger charge is 2.24. The molecule has 3 rings (SSSR count). The lowest BCUT2D eigenvalue weighted by molar-refractivity contribution is -0.133. The molecule has 3 heterocycles. The number of hydrogen-bond donors (Lipinski definition) is 1. The molecular formula is C22H37N5O2. The molecule has 0 atom stereocenters. The van der Waals surface area contributed by atoms with Gasteiger partial charge in [-0.05, 0) is 37.3 Å². The third kappa shape index (κ3) is 7.07. The van der Waals surface area contributed by atoms with Crippen molar-refractivity contribution in [1.82, 2.24) is 20.0 Å². The van der Waals surface area contributed by atoms with E-state index in [0.717, 1.165) is 83.3 Å². The van der Waals surface area contributed by atoms with Crippen molar-refractivity contribution >= 4 is 11.9 Å². The van der Waals surface area contributed by atoms with Crippen LogP contribution in [0.2, 0.25) is 0 Å². The molecule has 1 amide bonds. The van der Waals surface area contributed by atoms with Gasteiger partial charge in [-0.1, -0.05) is 13.8 Å². The van der Waals surface area contributed by atoms with Crippen LogP contribution in [-0.4, -0.2) is 85.5 Å². The standard InChI is InChI=1S/C22H37N5O2/c1-19(2)17-24-22(23-9-8-20-7-6-16-29-20)27-14-12-25(13-15-27)18-21(28)26-10-4-3-5-11-26/h6-7,16,19H,3-5,8-15,17-18H2,1-2H3,(H,23,24). The van der Waals surface area contributed by atoms with Crippen molar-refractivity contribution in [2.45, 2.75) is 39.5 Å². The summed E-state index contributed by atoms with van der Waals surface area (Å²) >= 11 is 0. The largest absolute Gasteiger partial charge is 0.469 e. The SMILES string of the molecule is CC(C)CN=C(NCCc1ccco1)N1CCN(CC(=O)N2CCCCC2)CC1. The van der Waals surface area contributed by atoms with E-state index < -0.39 is 0 Å². The number of likely N-dealkylation sites (tertiary alicyclic amines) is 1. The number of hydrogen-bond acceptors (Lipinski definition) is 4. The first-order valence-electron chi connectivity index (χ1n) is 11.2. The first kappa shape index (κ1) is 21.7. The van der Waals surface area contributed by atoms with Gasteiger partial charge in [0.15, 0.2) is 5.96 Å². The minimum atomic E-state index is 0.295. The molecule has 1 aromatic heterocycles. The number of piperidine rings is 1. The molecule has 0 unspecified atom stereocenters. The lowest BCUT2D eigenvalue weighted by Gasteiger charge is -2.37. The molecule has 2 saturated heterocycles. The lowest BCUT2D eigenvalue weighted by Crippen LogP contribution is -2.54. The van der Waals surface area contributed by atoms with Gasteiger partial charge in [0.25, 0.3) is 0 Å². The van der Waals surface area contributed by atoms with Gasteiger partial charge in [-0.25, -0.2) is 0 Å². The molecule has 0 spiro atoms. The van der Waals surface area contributed by atoms with E-state index >= 15 is 0 Å². The Bertz CT molecular complexity index is 630. The molecule has 0 aliphatic carbocycles. The minimum absolute atomic E-state index is 0.295. The number of amides is 1. The van der Waals surface area contributed by atoms with Crippen molar-refractivity contribution < 1.29 is 9.21 Å². The van der Waals surface area contributed by atoms with E-state index in [9.17, 15) is 4.79 Å². The average Bonchev–Trinajstić information content (AvgIpc) is 3.25. The molecule has 0 radical (unpaired) electrons. The number of carbonyl (C=O) groups is 1. The van der Waals surface area contributed by atoms with E-state index in [4.69, 9.17) is 9.41 Å². The van der Waals surface area contributed by atoms with Crippen LogP contribution in [0.15, 0.2) is 27.8 Å². The highest BCUT2D eigenvalue weighted by Crippen LogP contribution is 2.10. The Labute approximate surface area is 175 Å². The molecule has 7 heteroatoms. The van der Waals surface area contributed by atoms with E-state index in [1.807, 2.05) is 17.0 Å². The van der Waals surface area contributed by atoms with Crippen LogP contribution in [-0.2, 0) is 11.2 Å². The first-order chi connectivity index (χ1) is 14.1. The van der Waals surface area contributed by atoms with Crippen LogP contribution >= 0.6 is 0 Å². The Balaban J connectivity index is 1.46. The van der Waals surface area contributed by atoms with Gasteiger partial charge in [0.05, 0.1) is 12.8 Å². The molecule has 2 fully saturated rings. The van der Waals surface area contributed by atoms with Crippen molar-refractivity contribution in [3.8, 4) is 0 Å². The number of nitrogens with zero attached hydrogens (tertiary/aromatic N) is 4. The zero-order chi connectivity index (χ0) is 20.5. The summed E-state index contributed by atoms with van der Waals surface area (Å²) in [4.78, 5) is 24.0. The van der Waals surface area contributed by atoms with Crippen LogP contribution in [0.4, 0.5) is 0 Å². The molecule has 0 saturated carbocycles. The summed E-state index contributed by atoms with van der Waals surface area (Å²) in [6, 6.07) is 3.93. The van der Waals surface area contributed by atoms with Gasteiger partial charge in [0.2, 0.25) is 5.91 Å². The predicted octanol–water partition coefficient (Wildman–Crippen LogP) is 2.05. The van der Waals surface area contributed by atoms with Crippen LogP contribution in [0.3, 0.4) is 0 Å². The fourth-order valence-electron chi connectivity index (χ4n) is 3.84. The number of aliphatic imine (C=N–C) groups is 1. The van der Waals surface area contributed by atoms with E-state index in [-0.39, 0.29) is 0 Å². The molecular weight excluding hydrogens is 366 g/mol. The molecule has 29 heavy (non-hydrogen) atoms. The van der Waals surface area contributed by atoms with Crippen LogP contribution in [0.25, 0.3) is 0 Å². The van der Waals surface area contributed by atoms with Gasteiger partial charge in [-0.3, -0.25) is 14.7 Å². The lowest BCUT2D eigenvalue weighted by atomic mass is 10.1. The van der Waals surface area contributed by atoms with Crippen LogP contribution < -0.4 is 5.32 Å². The molecule has 0 bridgehead atoms. The Hall–Kier alpha value is -2.02. The number of furan rings is 1. The zero-order valence-corrected chi connectivity index (χ0v) is 18.1. The highest BCUT2D eigenvalue weighted by atomic mass is 16.3. The average molecular weight is 404 g/mol. The number of nitrogens with one attached hydrogen (secondary N) is 1. The van der Waals surface area contributed by atoms with Crippen LogP contribution in [0.5, 0.6) is 0 Å². The van der Waals surface area contributed by atoms with Crippen molar-refractivity contribution in [1.29, 1.82) is 0 Å². The fraction of sp³-hybridized carbons (Fsp3) is 0.727.